The van der Waals surface area contributed by atoms with Crippen LogP contribution in [0.5, 0.6) is 0 Å². The van der Waals surface area contributed by atoms with Gasteiger partial charge in [-0.25, -0.2) is 0 Å². The predicted octanol–water partition coefficient (Wildman–Crippen LogP) is 2.58. The third kappa shape index (κ3) is 2.65. The number of rotatable bonds is 3. The highest BCUT2D eigenvalue weighted by molar-refractivity contribution is 7.80. The standard InChI is InChI=1S/C14H19NOS/c1-10-4-3-5-13(11(10)2)8-15-7-12(9-17)6-14(15)16/h3-5,12,17H,6-9H2,1-2H3. The lowest BCUT2D eigenvalue weighted by atomic mass is 10.0. The Morgan fingerprint density at radius 2 is 2.18 bits per heavy atom. The highest BCUT2D eigenvalue weighted by Gasteiger charge is 2.28. The van der Waals surface area contributed by atoms with Crippen LogP contribution in [0.3, 0.4) is 0 Å². The first-order valence-electron chi connectivity index (χ1n) is 6.05. The minimum Gasteiger partial charge on any atom is -0.338 e. The molecule has 1 saturated heterocycles. The number of likely N-dealkylation sites (tertiary alicyclic amines) is 1. The third-order valence-corrected chi connectivity index (χ3v) is 4.15. The Balaban J connectivity index is 2.11. The average molecular weight is 249 g/mol. The Labute approximate surface area is 108 Å². The van der Waals surface area contributed by atoms with E-state index in [0.29, 0.717) is 12.3 Å². The fraction of sp³-hybridized carbons (Fsp3) is 0.500. The Morgan fingerprint density at radius 3 is 2.82 bits per heavy atom. The molecular weight excluding hydrogens is 230 g/mol. The largest absolute Gasteiger partial charge is 0.338 e. The van der Waals surface area contributed by atoms with Crippen LogP contribution in [0.2, 0.25) is 0 Å². The summed E-state index contributed by atoms with van der Waals surface area (Å²) in [5.41, 5.74) is 3.85. The van der Waals surface area contributed by atoms with Gasteiger partial charge in [0.05, 0.1) is 0 Å². The molecular formula is C14H19NOS. The van der Waals surface area contributed by atoms with Gasteiger partial charge in [0.2, 0.25) is 5.91 Å². The second-order valence-electron chi connectivity index (χ2n) is 4.89. The monoisotopic (exact) mass is 249 g/mol. The molecule has 1 aliphatic rings. The van der Waals surface area contributed by atoms with Crippen molar-refractivity contribution < 1.29 is 4.79 Å². The molecule has 1 amide bonds. The van der Waals surface area contributed by atoms with E-state index in [1.807, 2.05) is 4.90 Å². The molecule has 0 aliphatic carbocycles. The lowest BCUT2D eigenvalue weighted by Crippen LogP contribution is -2.25. The van der Waals surface area contributed by atoms with Crippen LogP contribution in [0.1, 0.15) is 23.1 Å². The summed E-state index contributed by atoms with van der Waals surface area (Å²) >= 11 is 4.28. The highest BCUT2D eigenvalue weighted by atomic mass is 32.1. The van der Waals surface area contributed by atoms with E-state index in [2.05, 4.69) is 44.7 Å². The molecule has 0 aromatic heterocycles. The second kappa shape index (κ2) is 5.13. The summed E-state index contributed by atoms with van der Waals surface area (Å²) in [4.78, 5) is 13.8. The molecule has 0 N–H and O–H groups in total. The van der Waals surface area contributed by atoms with E-state index in [-0.39, 0.29) is 5.91 Å². The molecule has 0 bridgehead atoms. The summed E-state index contributed by atoms with van der Waals surface area (Å²) < 4.78 is 0. The fourth-order valence-corrected chi connectivity index (χ4v) is 2.56. The van der Waals surface area contributed by atoms with Crippen molar-refractivity contribution in [2.24, 2.45) is 5.92 Å². The van der Waals surface area contributed by atoms with E-state index in [0.717, 1.165) is 18.8 Å². The van der Waals surface area contributed by atoms with Crippen LogP contribution in [-0.2, 0) is 11.3 Å². The molecule has 1 unspecified atom stereocenters. The van der Waals surface area contributed by atoms with Crippen molar-refractivity contribution in [1.82, 2.24) is 4.90 Å². The number of aryl methyl sites for hydroxylation is 1. The first-order chi connectivity index (χ1) is 8.11. The number of hydrogen-bond donors (Lipinski definition) is 1. The lowest BCUT2D eigenvalue weighted by molar-refractivity contribution is -0.128. The lowest BCUT2D eigenvalue weighted by Gasteiger charge is -2.18. The third-order valence-electron chi connectivity index (χ3n) is 3.63. The molecule has 17 heavy (non-hydrogen) atoms. The predicted molar refractivity (Wildman–Crippen MR) is 73.3 cm³/mol. The number of thiol groups is 1. The zero-order valence-electron chi connectivity index (χ0n) is 10.4. The maximum atomic E-state index is 11.8. The Morgan fingerprint density at radius 1 is 1.41 bits per heavy atom. The fourth-order valence-electron chi connectivity index (χ4n) is 2.32. The number of amides is 1. The number of carbonyl (C=O) groups excluding carboxylic acids is 1. The van der Waals surface area contributed by atoms with Crippen molar-refractivity contribution in [2.75, 3.05) is 12.3 Å². The Bertz CT molecular complexity index is 430. The van der Waals surface area contributed by atoms with E-state index >= 15 is 0 Å². The molecule has 1 heterocycles. The SMILES string of the molecule is Cc1cccc(CN2CC(CS)CC2=O)c1C. The first-order valence-corrected chi connectivity index (χ1v) is 6.68. The molecule has 0 radical (unpaired) electrons. The molecule has 1 aliphatic heterocycles. The van der Waals surface area contributed by atoms with Gasteiger partial charge in [0.25, 0.3) is 0 Å². The van der Waals surface area contributed by atoms with E-state index < -0.39 is 0 Å². The Hall–Kier alpha value is -0.960. The average Bonchev–Trinajstić information content (AvgIpc) is 2.66. The van der Waals surface area contributed by atoms with Crippen LogP contribution in [0, 0.1) is 19.8 Å². The molecule has 1 atom stereocenters. The van der Waals surface area contributed by atoms with Gasteiger partial charge in [-0.1, -0.05) is 18.2 Å². The maximum absolute atomic E-state index is 11.8. The summed E-state index contributed by atoms with van der Waals surface area (Å²) in [6.07, 6.45) is 0.661. The van der Waals surface area contributed by atoms with E-state index in [1.165, 1.54) is 16.7 Å². The summed E-state index contributed by atoms with van der Waals surface area (Å²) in [5, 5.41) is 0. The minimum absolute atomic E-state index is 0.268. The van der Waals surface area contributed by atoms with E-state index in [9.17, 15) is 4.79 Å². The van der Waals surface area contributed by atoms with Crippen molar-refractivity contribution in [3.63, 3.8) is 0 Å². The molecule has 0 spiro atoms. The van der Waals surface area contributed by atoms with Crippen LogP contribution >= 0.6 is 12.6 Å². The zero-order chi connectivity index (χ0) is 12.4. The quantitative estimate of drug-likeness (QED) is 0.816. The van der Waals surface area contributed by atoms with Gasteiger partial charge in [-0.3, -0.25) is 4.79 Å². The van der Waals surface area contributed by atoms with Gasteiger partial charge in [0, 0.05) is 19.5 Å². The molecule has 3 heteroatoms. The summed E-state index contributed by atoms with van der Waals surface area (Å²) in [6.45, 7) is 5.84. The van der Waals surface area contributed by atoms with Crippen molar-refractivity contribution in [3.05, 3.63) is 34.9 Å². The van der Waals surface area contributed by atoms with Crippen molar-refractivity contribution in [1.29, 1.82) is 0 Å². The summed E-state index contributed by atoms with van der Waals surface area (Å²) in [6, 6.07) is 6.29. The smallest absolute Gasteiger partial charge is 0.223 e. The zero-order valence-corrected chi connectivity index (χ0v) is 11.3. The van der Waals surface area contributed by atoms with Crippen LogP contribution in [0.15, 0.2) is 18.2 Å². The maximum Gasteiger partial charge on any atom is 0.223 e. The van der Waals surface area contributed by atoms with Crippen LogP contribution in [0.4, 0.5) is 0 Å². The van der Waals surface area contributed by atoms with Crippen LogP contribution < -0.4 is 0 Å². The van der Waals surface area contributed by atoms with E-state index in [4.69, 9.17) is 0 Å². The Kier molecular flexibility index (Phi) is 3.77. The van der Waals surface area contributed by atoms with Crippen molar-refractivity contribution >= 4 is 18.5 Å². The molecule has 1 aromatic carbocycles. The summed E-state index contributed by atoms with van der Waals surface area (Å²) in [5.74, 6) is 1.50. The number of hydrogen-bond acceptors (Lipinski definition) is 2. The molecule has 1 fully saturated rings. The number of benzene rings is 1. The second-order valence-corrected chi connectivity index (χ2v) is 5.25. The summed E-state index contributed by atoms with van der Waals surface area (Å²) in [7, 11) is 0. The van der Waals surface area contributed by atoms with Crippen LogP contribution in [-0.4, -0.2) is 23.1 Å². The van der Waals surface area contributed by atoms with Gasteiger partial charge in [-0.15, -0.1) is 0 Å². The van der Waals surface area contributed by atoms with Crippen LogP contribution in [0.25, 0.3) is 0 Å². The van der Waals surface area contributed by atoms with Gasteiger partial charge in [-0.2, -0.15) is 12.6 Å². The number of nitrogens with zero attached hydrogens (tertiary/aromatic N) is 1. The van der Waals surface area contributed by atoms with Crippen molar-refractivity contribution in [3.8, 4) is 0 Å². The molecule has 0 saturated carbocycles. The normalized spacial score (nSPS) is 20.1. The molecule has 1 aromatic rings. The molecule has 92 valence electrons. The van der Waals surface area contributed by atoms with Gasteiger partial charge in [0.1, 0.15) is 0 Å². The number of carbonyl (C=O) groups is 1. The van der Waals surface area contributed by atoms with Gasteiger partial charge in [0.15, 0.2) is 0 Å². The highest BCUT2D eigenvalue weighted by Crippen LogP contribution is 2.22. The van der Waals surface area contributed by atoms with E-state index in [1.54, 1.807) is 0 Å². The first kappa shape index (κ1) is 12.5. The van der Waals surface area contributed by atoms with Gasteiger partial charge in [-0.05, 0) is 42.2 Å². The molecule has 2 nitrogen and oxygen atoms in total. The minimum atomic E-state index is 0.268. The molecule has 2 rings (SSSR count). The van der Waals surface area contributed by atoms with Gasteiger partial charge >= 0.3 is 0 Å². The van der Waals surface area contributed by atoms with Crippen molar-refractivity contribution in [2.45, 2.75) is 26.8 Å². The topological polar surface area (TPSA) is 20.3 Å². The van der Waals surface area contributed by atoms with Gasteiger partial charge < -0.3 is 4.90 Å².